The lowest BCUT2D eigenvalue weighted by atomic mass is 10.1. The molecule has 2 aromatic carbocycles. The van der Waals surface area contributed by atoms with Gasteiger partial charge in [-0.2, -0.15) is 0 Å². The molecular formula is C16H18N2O2. The number of anilines is 3. The maximum absolute atomic E-state index is 11.1. The molecule has 4 nitrogen and oxygen atoms in total. The van der Waals surface area contributed by atoms with Crippen LogP contribution < -0.4 is 10.6 Å². The van der Waals surface area contributed by atoms with Crippen LogP contribution >= 0.6 is 0 Å². The predicted molar refractivity (Wildman–Crippen MR) is 81.8 cm³/mol. The Morgan fingerprint density at radius 3 is 2.45 bits per heavy atom. The zero-order valence-corrected chi connectivity index (χ0v) is 11.8. The number of hydrogen-bond donors (Lipinski definition) is 2. The fraction of sp³-hybridized carbons (Fsp3) is 0.188. The van der Waals surface area contributed by atoms with Crippen LogP contribution in [0.4, 0.5) is 17.1 Å². The molecule has 0 atom stereocenters. The first-order valence-electron chi connectivity index (χ1n) is 6.34. The summed E-state index contributed by atoms with van der Waals surface area (Å²) in [6.07, 6.45) is 0. The minimum Gasteiger partial charge on any atom is -0.478 e. The number of carboxylic acids is 1. The van der Waals surface area contributed by atoms with Gasteiger partial charge in [-0.05, 0) is 43.7 Å². The summed E-state index contributed by atoms with van der Waals surface area (Å²) in [7, 11) is 1.91. The minimum atomic E-state index is -1.02. The largest absolute Gasteiger partial charge is 0.478 e. The summed E-state index contributed by atoms with van der Waals surface area (Å²) < 4.78 is 0. The maximum Gasteiger partial charge on any atom is 0.337 e. The molecule has 104 valence electrons. The summed E-state index contributed by atoms with van der Waals surface area (Å²) in [5, 5.41) is 9.13. The second-order valence-corrected chi connectivity index (χ2v) is 4.93. The summed E-state index contributed by atoms with van der Waals surface area (Å²) in [6, 6.07) is 11.2. The number of aromatic carboxylic acids is 1. The first-order chi connectivity index (χ1) is 9.40. The summed E-state index contributed by atoms with van der Waals surface area (Å²) in [4.78, 5) is 13.1. The van der Waals surface area contributed by atoms with Gasteiger partial charge in [0.05, 0.1) is 5.56 Å². The molecule has 0 radical (unpaired) electrons. The van der Waals surface area contributed by atoms with Crippen LogP contribution in [0, 0.1) is 13.8 Å². The van der Waals surface area contributed by atoms with Crippen LogP contribution in [0.1, 0.15) is 21.5 Å². The maximum atomic E-state index is 11.1. The van der Waals surface area contributed by atoms with E-state index in [2.05, 4.69) is 6.07 Å². The van der Waals surface area contributed by atoms with Gasteiger partial charge in [0.2, 0.25) is 0 Å². The number of carboxylic acid groups (broad SMARTS) is 1. The number of nitrogens with two attached hydrogens (primary N) is 1. The van der Waals surface area contributed by atoms with E-state index in [9.17, 15) is 4.79 Å². The molecule has 0 aliphatic rings. The number of carbonyl (C=O) groups is 1. The number of aryl methyl sites for hydroxylation is 2. The van der Waals surface area contributed by atoms with Crippen LogP contribution in [0.25, 0.3) is 0 Å². The SMILES string of the molecule is Cc1ccc(N(C)c2ccc(N)c(C(=O)O)c2)c(C)c1. The Morgan fingerprint density at radius 2 is 1.85 bits per heavy atom. The number of rotatable bonds is 3. The quantitative estimate of drug-likeness (QED) is 0.839. The molecule has 2 aromatic rings. The first-order valence-corrected chi connectivity index (χ1v) is 6.34. The molecule has 4 heteroatoms. The highest BCUT2D eigenvalue weighted by molar-refractivity contribution is 5.95. The predicted octanol–water partition coefficient (Wildman–Crippen LogP) is 3.35. The van der Waals surface area contributed by atoms with E-state index in [4.69, 9.17) is 10.8 Å². The highest BCUT2D eigenvalue weighted by Crippen LogP contribution is 2.29. The summed E-state index contributed by atoms with van der Waals surface area (Å²) >= 11 is 0. The molecule has 0 saturated carbocycles. The van der Waals surface area contributed by atoms with Gasteiger partial charge in [-0.3, -0.25) is 0 Å². The smallest absolute Gasteiger partial charge is 0.337 e. The molecule has 0 aliphatic carbocycles. The first kappa shape index (κ1) is 13.9. The van der Waals surface area contributed by atoms with Gasteiger partial charge in [-0.1, -0.05) is 17.7 Å². The van der Waals surface area contributed by atoms with Crippen molar-refractivity contribution in [3.8, 4) is 0 Å². The van der Waals surface area contributed by atoms with Gasteiger partial charge in [0, 0.05) is 24.1 Å². The number of hydrogen-bond acceptors (Lipinski definition) is 3. The van der Waals surface area contributed by atoms with Crippen LogP contribution in [-0.2, 0) is 0 Å². The standard InChI is InChI=1S/C16H18N2O2/c1-10-4-7-15(11(2)8-10)18(3)12-5-6-14(17)13(9-12)16(19)20/h4-9H,17H2,1-3H3,(H,19,20). The lowest BCUT2D eigenvalue weighted by Gasteiger charge is -2.22. The van der Waals surface area contributed by atoms with Crippen LogP contribution in [0.3, 0.4) is 0 Å². The lowest BCUT2D eigenvalue weighted by molar-refractivity contribution is 0.0698. The Bertz CT molecular complexity index is 666. The van der Waals surface area contributed by atoms with Crippen molar-refractivity contribution >= 4 is 23.0 Å². The van der Waals surface area contributed by atoms with Gasteiger partial charge in [0.25, 0.3) is 0 Å². The van der Waals surface area contributed by atoms with Gasteiger partial charge in [-0.15, -0.1) is 0 Å². The fourth-order valence-electron chi connectivity index (χ4n) is 2.26. The molecule has 0 aliphatic heterocycles. The molecule has 0 fully saturated rings. The van der Waals surface area contributed by atoms with Crippen molar-refractivity contribution < 1.29 is 9.90 Å². The fourth-order valence-corrected chi connectivity index (χ4v) is 2.26. The number of benzene rings is 2. The zero-order chi connectivity index (χ0) is 14.9. The van der Waals surface area contributed by atoms with Crippen molar-refractivity contribution in [3.63, 3.8) is 0 Å². The molecule has 0 amide bonds. The Morgan fingerprint density at radius 1 is 1.15 bits per heavy atom. The minimum absolute atomic E-state index is 0.124. The van der Waals surface area contributed by atoms with E-state index >= 15 is 0 Å². The Hall–Kier alpha value is -2.49. The third-order valence-electron chi connectivity index (χ3n) is 3.37. The van der Waals surface area contributed by atoms with Crippen LogP contribution in [0.15, 0.2) is 36.4 Å². The molecule has 0 saturated heterocycles. The summed E-state index contributed by atoms with van der Waals surface area (Å²) in [6.45, 7) is 4.08. The summed E-state index contributed by atoms with van der Waals surface area (Å²) in [5.74, 6) is -1.02. The van der Waals surface area contributed by atoms with Crippen LogP contribution in [0.2, 0.25) is 0 Å². The van der Waals surface area contributed by atoms with Crippen molar-refractivity contribution in [1.29, 1.82) is 0 Å². The van der Waals surface area contributed by atoms with E-state index in [1.54, 1.807) is 12.1 Å². The van der Waals surface area contributed by atoms with Crippen LogP contribution in [0.5, 0.6) is 0 Å². The normalized spacial score (nSPS) is 10.3. The van der Waals surface area contributed by atoms with E-state index in [1.807, 2.05) is 44.0 Å². The van der Waals surface area contributed by atoms with Gasteiger partial charge < -0.3 is 15.7 Å². The van der Waals surface area contributed by atoms with Gasteiger partial charge in [0.15, 0.2) is 0 Å². The molecule has 3 N–H and O–H groups in total. The van der Waals surface area contributed by atoms with E-state index in [-0.39, 0.29) is 11.3 Å². The molecule has 0 heterocycles. The highest BCUT2D eigenvalue weighted by Gasteiger charge is 2.12. The third-order valence-corrected chi connectivity index (χ3v) is 3.37. The van der Waals surface area contributed by atoms with E-state index in [0.717, 1.165) is 16.9 Å². The zero-order valence-electron chi connectivity index (χ0n) is 11.8. The third kappa shape index (κ3) is 2.59. The van der Waals surface area contributed by atoms with Gasteiger partial charge in [-0.25, -0.2) is 4.79 Å². The lowest BCUT2D eigenvalue weighted by Crippen LogP contribution is -2.12. The van der Waals surface area contributed by atoms with E-state index in [1.165, 1.54) is 5.56 Å². The van der Waals surface area contributed by atoms with Crippen molar-refractivity contribution in [1.82, 2.24) is 0 Å². The molecule has 0 spiro atoms. The molecule has 20 heavy (non-hydrogen) atoms. The van der Waals surface area contributed by atoms with E-state index in [0.29, 0.717) is 0 Å². The van der Waals surface area contributed by atoms with E-state index < -0.39 is 5.97 Å². The second-order valence-electron chi connectivity index (χ2n) is 4.93. The second kappa shape index (κ2) is 5.25. The Balaban J connectivity index is 2.45. The van der Waals surface area contributed by atoms with Gasteiger partial charge >= 0.3 is 5.97 Å². The highest BCUT2D eigenvalue weighted by atomic mass is 16.4. The average Bonchev–Trinajstić information content (AvgIpc) is 2.38. The Labute approximate surface area is 118 Å². The van der Waals surface area contributed by atoms with Crippen molar-refractivity contribution in [2.75, 3.05) is 17.7 Å². The van der Waals surface area contributed by atoms with Crippen molar-refractivity contribution in [2.45, 2.75) is 13.8 Å². The van der Waals surface area contributed by atoms with Gasteiger partial charge in [0.1, 0.15) is 0 Å². The average molecular weight is 270 g/mol. The molecule has 0 aromatic heterocycles. The molecule has 2 rings (SSSR count). The van der Waals surface area contributed by atoms with Crippen LogP contribution in [-0.4, -0.2) is 18.1 Å². The number of nitrogens with zero attached hydrogens (tertiary/aromatic N) is 1. The topological polar surface area (TPSA) is 66.6 Å². The summed E-state index contributed by atoms with van der Waals surface area (Å²) in [5.41, 5.74) is 10.2. The Kier molecular flexibility index (Phi) is 3.66. The molecule has 0 bridgehead atoms. The van der Waals surface area contributed by atoms with Crippen molar-refractivity contribution in [2.24, 2.45) is 0 Å². The molecule has 0 unspecified atom stereocenters. The molecular weight excluding hydrogens is 252 g/mol. The number of nitrogen functional groups attached to an aromatic ring is 1. The van der Waals surface area contributed by atoms with Crippen molar-refractivity contribution in [3.05, 3.63) is 53.1 Å². The monoisotopic (exact) mass is 270 g/mol.